The Labute approximate surface area is 120 Å². The second-order valence-corrected chi connectivity index (χ2v) is 5.18. The van der Waals surface area contributed by atoms with Gasteiger partial charge in [0.2, 0.25) is 0 Å². The van der Waals surface area contributed by atoms with Crippen molar-refractivity contribution in [2.24, 2.45) is 0 Å². The molecule has 110 valence electrons. The van der Waals surface area contributed by atoms with Gasteiger partial charge in [0.25, 0.3) is 0 Å². The van der Waals surface area contributed by atoms with E-state index in [4.69, 9.17) is 10.5 Å². The van der Waals surface area contributed by atoms with Gasteiger partial charge in [0, 0.05) is 25.4 Å². The summed E-state index contributed by atoms with van der Waals surface area (Å²) in [4.78, 5) is 14.1. The Bertz CT molecular complexity index is 444. The van der Waals surface area contributed by atoms with Crippen LogP contribution >= 0.6 is 0 Å². The number of hydrogen-bond donors (Lipinski definition) is 2. The SMILES string of the molecule is CCCN(Cc1cccc(N)c1)C(=O)NC1CCOC1. The molecule has 20 heavy (non-hydrogen) atoms. The molecule has 0 aromatic heterocycles. The van der Waals surface area contributed by atoms with Crippen molar-refractivity contribution in [1.82, 2.24) is 10.2 Å². The van der Waals surface area contributed by atoms with Crippen LogP contribution in [0.2, 0.25) is 0 Å². The largest absolute Gasteiger partial charge is 0.399 e. The first-order valence-electron chi connectivity index (χ1n) is 7.16. The fraction of sp³-hybridized carbons (Fsp3) is 0.533. The summed E-state index contributed by atoms with van der Waals surface area (Å²) in [5.41, 5.74) is 7.56. The molecule has 1 aliphatic rings. The number of nitrogens with zero attached hydrogens (tertiary/aromatic N) is 1. The van der Waals surface area contributed by atoms with E-state index in [1.54, 1.807) is 0 Å². The predicted octanol–water partition coefficient (Wildman–Crippen LogP) is 1.98. The zero-order valence-corrected chi connectivity index (χ0v) is 12.0. The molecular weight excluding hydrogens is 254 g/mol. The van der Waals surface area contributed by atoms with E-state index in [0.29, 0.717) is 13.2 Å². The molecular formula is C15H23N3O2. The Morgan fingerprint density at radius 3 is 3.05 bits per heavy atom. The number of anilines is 1. The first-order chi connectivity index (χ1) is 9.69. The van der Waals surface area contributed by atoms with Crippen LogP contribution in [-0.4, -0.2) is 36.7 Å². The maximum atomic E-state index is 12.3. The fourth-order valence-corrected chi connectivity index (χ4v) is 2.35. The van der Waals surface area contributed by atoms with Gasteiger partial charge in [0.1, 0.15) is 0 Å². The molecule has 0 spiro atoms. The minimum atomic E-state index is -0.0234. The average Bonchev–Trinajstić information content (AvgIpc) is 2.91. The lowest BCUT2D eigenvalue weighted by Crippen LogP contribution is -2.45. The first-order valence-corrected chi connectivity index (χ1v) is 7.16. The molecule has 2 amide bonds. The van der Waals surface area contributed by atoms with Crippen LogP contribution < -0.4 is 11.1 Å². The molecule has 1 fully saturated rings. The van der Waals surface area contributed by atoms with Gasteiger partial charge in [-0.2, -0.15) is 0 Å². The molecule has 0 radical (unpaired) electrons. The van der Waals surface area contributed by atoms with Crippen LogP contribution in [0.3, 0.4) is 0 Å². The van der Waals surface area contributed by atoms with Crippen molar-refractivity contribution in [3.8, 4) is 0 Å². The molecule has 5 heteroatoms. The summed E-state index contributed by atoms with van der Waals surface area (Å²) >= 11 is 0. The summed E-state index contributed by atoms with van der Waals surface area (Å²) in [6.07, 6.45) is 1.82. The Morgan fingerprint density at radius 1 is 1.55 bits per heavy atom. The molecule has 1 saturated heterocycles. The molecule has 0 saturated carbocycles. The maximum Gasteiger partial charge on any atom is 0.317 e. The van der Waals surface area contributed by atoms with Crippen molar-refractivity contribution in [2.75, 3.05) is 25.5 Å². The van der Waals surface area contributed by atoms with E-state index in [0.717, 1.165) is 37.2 Å². The molecule has 1 aliphatic heterocycles. The zero-order valence-electron chi connectivity index (χ0n) is 12.0. The van der Waals surface area contributed by atoms with Crippen molar-refractivity contribution in [3.05, 3.63) is 29.8 Å². The van der Waals surface area contributed by atoms with Gasteiger partial charge < -0.3 is 20.7 Å². The number of hydrogen-bond acceptors (Lipinski definition) is 3. The van der Waals surface area contributed by atoms with Crippen molar-refractivity contribution in [1.29, 1.82) is 0 Å². The molecule has 1 unspecified atom stereocenters. The first kappa shape index (κ1) is 14.7. The summed E-state index contributed by atoms with van der Waals surface area (Å²) in [6, 6.07) is 7.79. The smallest absolute Gasteiger partial charge is 0.317 e. The number of benzene rings is 1. The van der Waals surface area contributed by atoms with Gasteiger partial charge in [-0.1, -0.05) is 19.1 Å². The Morgan fingerprint density at radius 2 is 2.40 bits per heavy atom. The van der Waals surface area contributed by atoms with Crippen LogP contribution in [0.25, 0.3) is 0 Å². The number of urea groups is 1. The molecule has 0 aliphatic carbocycles. The quantitative estimate of drug-likeness (QED) is 0.809. The highest BCUT2D eigenvalue weighted by Crippen LogP contribution is 2.11. The van der Waals surface area contributed by atoms with Gasteiger partial charge in [-0.25, -0.2) is 4.79 Å². The second-order valence-electron chi connectivity index (χ2n) is 5.18. The second kappa shape index (κ2) is 7.14. The Hall–Kier alpha value is -1.75. The third-order valence-corrected chi connectivity index (χ3v) is 3.36. The highest BCUT2D eigenvalue weighted by Gasteiger charge is 2.21. The minimum absolute atomic E-state index is 0.0234. The van der Waals surface area contributed by atoms with Crippen LogP contribution in [0, 0.1) is 0 Å². The van der Waals surface area contributed by atoms with Crippen molar-refractivity contribution < 1.29 is 9.53 Å². The monoisotopic (exact) mass is 277 g/mol. The van der Waals surface area contributed by atoms with Gasteiger partial charge in [-0.15, -0.1) is 0 Å². The fourth-order valence-electron chi connectivity index (χ4n) is 2.35. The highest BCUT2D eigenvalue weighted by molar-refractivity contribution is 5.74. The number of nitrogens with one attached hydrogen (secondary N) is 1. The maximum absolute atomic E-state index is 12.3. The minimum Gasteiger partial charge on any atom is -0.399 e. The van der Waals surface area contributed by atoms with Crippen LogP contribution in [0.4, 0.5) is 10.5 Å². The van der Waals surface area contributed by atoms with E-state index < -0.39 is 0 Å². The summed E-state index contributed by atoms with van der Waals surface area (Å²) in [6.45, 7) is 4.72. The lowest BCUT2D eigenvalue weighted by molar-refractivity contribution is 0.176. The van der Waals surface area contributed by atoms with Crippen molar-refractivity contribution in [2.45, 2.75) is 32.4 Å². The molecule has 2 rings (SSSR count). The summed E-state index contributed by atoms with van der Waals surface area (Å²) < 4.78 is 5.28. The van der Waals surface area contributed by atoms with Gasteiger partial charge in [0.05, 0.1) is 12.6 Å². The lowest BCUT2D eigenvalue weighted by Gasteiger charge is -2.24. The van der Waals surface area contributed by atoms with Gasteiger partial charge in [-0.3, -0.25) is 0 Å². The molecule has 3 N–H and O–H groups in total. The summed E-state index contributed by atoms with van der Waals surface area (Å²) in [5, 5.41) is 3.03. The van der Waals surface area contributed by atoms with Gasteiger partial charge in [0.15, 0.2) is 0 Å². The lowest BCUT2D eigenvalue weighted by atomic mass is 10.2. The number of ether oxygens (including phenoxy) is 1. The van der Waals surface area contributed by atoms with Crippen LogP contribution in [0.15, 0.2) is 24.3 Å². The normalized spacial score (nSPS) is 17.9. The topological polar surface area (TPSA) is 67.6 Å². The highest BCUT2D eigenvalue weighted by atomic mass is 16.5. The molecule has 1 aromatic carbocycles. The molecule has 0 bridgehead atoms. The standard InChI is InChI=1S/C15H23N3O2/c1-2-7-18(10-12-4-3-5-13(16)9-12)15(19)17-14-6-8-20-11-14/h3-5,9,14H,2,6-8,10-11,16H2,1H3,(H,17,19). The van der Waals surface area contributed by atoms with E-state index >= 15 is 0 Å². The molecule has 1 atom stereocenters. The van der Waals surface area contributed by atoms with Crippen molar-refractivity contribution >= 4 is 11.7 Å². The molecule has 5 nitrogen and oxygen atoms in total. The van der Waals surface area contributed by atoms with E-state index in [1.165, 1.54) is 0 Å². The van der Waals surface area contributed by atoms with Crippen LogP contribution in [0.5, 0.6) is 0 Å². The Balaban J connectivity index is 1.96. The number of rotatable bonds is 5. The van der Waals surface area contributed by atoms with E-state index in [-0.39, 0.29) is 12.1 Å². The molecule has 1 aromatic rings. The summed E-state index contributed by atoms with van der Waals surface area (Å²) in [7, 11) is 0. The number of nitrogens with two attached hydrogens (primary N) is 1. The van der Waals surface area contributed by atoms with Crippen molar-refractivity contribution in [3.63, 3.8) is 0 Å². The number of carbonyl (C=O) groups excluding carboxylic acids is 1. The molecule has 1 heterocycles. The third-order valence-electron chi connectivity index (χ3n) is 3.36. The zero-order chi connectivity index (χ0) is 14.4. The van der Waals surface area contributed by atoms with E-state index in [1.807, 2.05) is 29.2 Å². The van der Waals surface area contributed by atoms with E-state index in [9.17, 15) is 4.79 Å². The Kier molecular flexibility index (Phi) is 5.24. The predicted molar refractivity (Wildman–Crippen MR) is 79.3 cm³/mol. The van der Waals surface area contributed by atoms with Crippen LogP contribution in [-0.2, 0) is 11.3 Å². The number of carbonyl (C=O) groups is 1. The average molecular weight is 277 g/mol. The number of nitrogen functional groups attached to an aromatic ring is 1. The number of amides is 2. The summed E-state index contributed by atoms with van der Waals surface area (Å²) in [5.74, 6) is 0. The van der Waals surface area contributed by atoms with E-state index in [2.05, 4.69) is 12.2 Å². The van der Waals surface area contributed by atoms with Crippen LogP contribution in [0.1, 0.15) is 25.3 Å². The van der Waals surface area contributed by atoms with Gasteiger partial charge >= 0.3 is 6.03 Å². The third kappa shape index (κ3) is 4.13. The van der Waals surface area contributed by atoms with Gasteiger partial charge in [-0.05, 0) is 30.5 Å².